The minimum Gasteiger partial charge on any atom is -0.497 e. The molecule has 8 heteroatoms. The van der Waals surface area contributed by atoms with Crippen LogP contribution in [0.1, 0.15) is 27.0 Å². The number of esters is 1. The van der Waals surface area contributed by atoms with E-state index in [9.17, 15) is 4.79 Å². The van der Waals surface area contributed by atoms with Crippen molar-refractivity contribution >= 4 is 29.5 Å². The van der Waals surface area contributed by atoms with Crippen molar-refractivity contribution in [2.75, 3.05) is 14.2 Å². The standard InChI is InChI=1S/C25H25N3O4S/c1-30-22-11-5-18(6-12-22)15-26-25(33)28-27-16-19-7-13-23(14-8-19)32-17-20-3-9-21(10-4-20)24(29)31-2/h3-14,16H,15,17H2,1-2H3,(H2,26,28,33)/b27-16-. The minimum absolute atomic E-state index is 0.358. The number of methoxy groups -OCH3 is 2. The third-order valence-electron chi connectivity index (χ3n) is 4.65. The van der Waals surface area contributed by atoms with Gasteiger partial charge in [-0.2, -0.15) is 5.10 Å². The van der Waals surface area contributed by atoms with E-state index in [1.807, 2.05) is 60.7 Å². The van der Waals surface area contributed by atoms with Gasteiger partial charge in [0.25, 0.3) is 0 Å². The highest BCUT2D eigenvalue weighted by molar-refractivity contribution is 7.80. The lowest BCUT2D eigenvalue weighted by Gasteiger charge is -2.08. The van der Waals surface area contributed by atoms with E-state index in [4.69, 9.17) is 26.4 Å². The highest BCUT2D eigenvalue weighted by Crippen LogP contribution is 2.14. The van der Waals surface area contributed by atoms with Gasteiger partial charge in [-0.15, -0.1) is 0 Å². The van der Waals surface area contributed by atoms with E-state index in [0.29, 0.717) is 23.8 Å². The molecule has 0 saturated heterocycles. The van der Waals surface area contributed by atoms with Crippen molar-refractivity contribution < 1.29 is 19.0 Å². The number of thiocarbonyl (C=S) groups is 1. The van der Waals surface area contributed by atoms with Crippen LogP contribution in [0.2, 0.25) is 0 Å². The lowest BCUT2D eigenvalue weighted by atomic mass is 10.1. The molecule has 0 radical (unpaired) electrons. The Morgan fingerprint density at radius 2 is 1.55 bits per heavy atom. The molecule has 33 heavy (non-hydrogen) atoms. The lowest BCUT2D eigenvalue weighted by Crippen LogP contribution is -2.31. The van der Waals surface area contributed by atoms with Gasteiger partial charge < -0.3 is 19.5 Å². The first-order chi connectivity index (χ1) is 16.1. The van der Waals surface area contributed by atoms with Gasteiger partial charge in [0.05, 0.1) is 26.0 Å². The third-order valence-corrected chi connectivity index (χ3v) is 4.89. The van der Waals surface area contributed by atoms with Gasteiger partial charge in [-0.1, -0.05) is 24.3 Å². The molecular weight excluding hydrogens is 438 g/mol. The second kappa shape index (κ2) is 12.2. The molecule has 0 aliphatic heterocycles. The Hall–Kier alpha value is -3.91. The molecule has 2 N–H and O–H groups in total. The molecule has 170 valence electrons. The van der Waals surface area contributed by atoms with Crippen molar-refractivity contribution in [3.63, 3.8) is 0 Å². The number of nitrogens with one attached hydrogen (secondary N) is 2. The van der Waals surface area contributed by atoms with Gasteiger partial charge in [0.15, 0.2) is 5.11 Å². The van der Waals surface area contributed by atoms with Crippen LogP contribution in [0.3, 0.4) is 0 Å². The van der Waals surface area contributed by atoms with Gasteiger partial charge >= 0.3 is 5.97 Å². The van der Waals surface area contributed by atoms with Crippen molar-refractivity contribution in [1.29, 1.82) is 0 Å². The molecule has 3 aromatic rings. The quantitative estimate of drug-likeness (QED) is 0.214. The first-order valence-electron chi connectivity index (χ1n) is 10.2. The molecule has 0 bridgehead atoms. The van der Waals surface area contributed by atoms with Crippen LogP contribution >= 0.6 is 12.2 Å². The summed E-state index contributed by atoms with van der Waals surface area (Å²) in [7, 11) is 3.00. The Labute approximate surface area is 198 Å². The molecule has 0 atom stereocenters. The second-order valence-corrected chi connectivity index (χ2v) is 7.36. The zero-order chi connectivity index (χ0) is 23.5. The zero-order valence-electron chi connectivity index (χ0n) is 18.4. The molecule has 0 fully saturated rings. The molecule has 0 spiro atoms. The number of carbonyl (C=O) groups excluding carboxylic acids is 1. The van der Waals surface area contributed by atoms with E-state index in [2.05, 4.69) is 15.8 Å². The van der Waals surface area contributed by atoms with Crippen LogP contribution in [0.4, 0.5) is 0 Å². The predicted octanol–water partition coefficient (Wildman–Crippen LogP) is 4.06. The Bertz CT molecular complexity index is 1080. The SMILES string of the molecule is COC(=O)c1ccc(COc2ccc(/C=N\NC(=S)NCc3ccc(OC)cc3)cc2)cc1. The van der Waals surface area contributed by atoms with Crippen molar-refractivity contribution in [3.8, 4) is 11.5 Å². The molecule has 0 unspecified atom stereocenters. The van der Waals surface area contributed by atoms with E-state index in [-0.39, 0.29) is 5.97 Å². The molecule has 0 saturated carbocycles. The number of hydrogen-bond acceptors (Lipinski definition) is 6. The van der Waals surface area contributed by atoms with Crippen LogP contribution in [0.5, 0.6) is 11.5 Å². The Kier molecular flexibility index (Phi) is 8.79. The van der Waals surface area contributed by atoms with E-state index < -0.39 is 0 Å². The van der Waals surface area contributed by atoms with Gasteiger partial charge in [-0.25, -0.2) is 4.79 Å². The average Bonchev–Trinajstić information content (AvgIpc) is 2.87. The number of rotatable bonds is 9. The summed E-state index contributed by atoms with van der Waals surface area (Å²) in [6, 6.07) is 22.4. The summed E-state index contributed by atoms with van der Waals surface area (Å²) in [6.07, 6.45) is 1.68. The molecule has 7 nitrogen and oxygen atoms in total. The minimum atomic E-state index is -0.358. The van der Waals surface area contributed by atoms with E-state index in [1.165, 1.54) is 7.11 Å². The summed E-state index contributed by atoms with van der Waals surface area (Å²) in [4.78, 5) is 11.5. The second-order valence-electron chi connectivity index (χ2n) is 6.95. The molecule has 3 rings (SSSR count). The number of nitrogens with zero attached hydrogens (tertiary/aromatic N) is 1. The monoisotopic (exact) mass is 463 g/mol. The van der Waals surface area contributed by atoms with E-state index >= 15 is 0 Å². The fourth-order valence-corrected chi connectivity index (χ4v) is 2.93. The van der Waals surface area contributed by atoms with Gasteiger partial charge in [-0.05, 0) is 77.4 Å². The number of hydrazone groups is 1. The third kappa shape index (κ3) is 7.62. The molecule has 0 aliphatic rings. The summed E-state index contributed by atoms with van der Waals surface area (Å²) < 4.78 is 15.6. The van der Waals surface area contributed by atoms with Crippen molar-refractivity contribution in [2.45, 2.75) is 13.2 Å². The first-order valence-corrected chi connectivity index (χ1v) is 10.6. The highest BCUT2D eigenvalue weighted by Gasteiger charge is 2.04. The van der Waals surface area contributed by atoms with Crippen molar-refractivity contribution in [3.05, 3.63) is 95.1 Å². The van der Waals surface area contributed by atoms with Crippen LogP contribution in [-0.2, 0) is 17.9 Å². The van der Waals surface area contributed by atoms with Crippen LogP contribution < -0.4 is 20.2 Å². The van der Waals surface area contributed by atoms with Gasteiger partial charge in [0.1, 0.15) is 18.1 Å². The van der Waals surface area contributed by atoms with Gasteiger partial charge in [-0.3, -0.25) is 5.43 Å². The maximum absolute atomic E-state index is 11.5. The largest absolute Gasteiger partial charge is 0.497 e. The fourth-order valence-electron chi connectivity index (χ4n) is 2.80. The summed E-state index contributed by atoms with van der Waals surface area (Å²) in [6.45, 7) is 0.980. The molecular formula is C25H25N3O4S. The Balaban J connectivity index is 1.41. The molecule has 0 amide bonds. The lowest BCUT2D eigenvalue weighted by molar-refractivity contribution is 0.0600. The van der Waals surface area contributed by atoms with Crippen LogP contribution in [0.15, 0.2) is 77.9 Å². The topological polar surface area (TPSA) is 81.2 Å². The summed E-state index contributed by atoms with van der Waals surface area (Å²) in [5.41, 5.74) is 6.24. The highest BCUT2D eigenvalue weighted by atomic mass is 32.1. The van der Waals surface area contributed by atoms with E-state index in [0.717, 1.165) is 28.2 Å². The molecule has 0 aromatic heterocycles. The Morgan fingerprint density at radius 1 is 0.909 bits per heavy atom. The number of carbonyl (C=O) groups is 1. The Morgan fingerprint density at radius 3 is 2.18 bits per heavy atom. The predicted molar refractivity (Wildman–Crippen MR) is 132 cm³/mol. The molecule has 0 heterocycles. The summed E-state index contributed by atoms with van der Waals surface area (Å²) in [5.74, 6) is 1.19. The van der Waals surface area contributed by atoms with Gasteiger partial charge in [0, 0.05) is 6.54 Å². The summed E-state index contributed by atoms with van der Waals surface area (Å²) >= 11 is 5.24. The van der Waals surface area contributed by atoms with Crippen molar-refractivity contribution in [1.82, 2.24) is 10.7 Å². The smallest absolute Gasteiger partial charge is 0.337 e. The molecule has 3 aromatic carbocycles. The number of ether oxygens (including phenoxy) is 3. The van der Waals surface area contributed by atoms with Crippen molar-refractivity contribution in [2.24, 2.45) is 5.10 Å². The van der Waals surface area contributed by atoms with Crippen LogP contribution in [0, 0.1) is 0 Å². The maximum Gasteiger partial charge on any atom is 0.337 e. The molecule has 0 aliphatic carbocycles. The van der Waals surface area contributed by atoms with Gasteiger partial charge in [0.2, 0.25) is 0 Å². The van der Waals surface area contributed by atoms with Crippen LogP contribution in [0.25, 0.3) is 0 Å². The number of hydrogen-bond donors (Lipinski definition) is 2. The fraction of sp³-hybridized carbons (Fsp3) is 0.160. The normalized spacial score (nSPS) is 10.5. The van der Waals surface area contributed by atoms with Crippen LogP contribution in [-0.4, -0.2) is 31.5 Å². The van der Waals surface area contributed by atoms with E-state index in [1.54, 1.807) is 25.5 Å². The zero-order valence-corrected chi connectivity index (χ0v) is 19.2. The average molecular weight is 464 g/mol. The summed E-state index contributed by atoms with van der Waals surface area (Å²) in [5, 5.41) is 7.68. The maximum atomic E-state index is 11.5. The first kappa shape index (κ1) is 23.7. The number of benzene rings is 3.